The summed E-state index contributed by atoms with van der Waals surface area (Å²) in [7, 11) is 0. The van der Waals surface area contributed by atoms with Crippen LogP contribution in [0.3, 0.4) is 0 Å². The monoisotopic (exact) mass is 549 g/mol. The third-order valence-electron chi connectivity index (χ3n) is 8.27. The summed E-state index contributed by atoms with van der Waals surface area (Å²) in [6.07, 6.45) is 4.38. The lowest BCUT2D eigenvalue weighted by atomic mass is 9.61. The van der Waals surface area contributed by atoms with E-state index in [0.717, 1.165) is 0 Å². The van der Waals surface area contributed by atoms with Crippen molar-refractivity contribution in [2.24, 2.45) is 0 Å². The van der Waals surface area contributed by atoms with Crippen LogP contribution < -0.4 is 16.0 Å². The molecule has 0 aromatic carbocycles. The molecule has 5 N–H and O–H groups in total. The molecule has 0 spiro atoms. The van der Waals surface area contributed by atoms with E-state index in [9.17, 15) is 29.5 Å². The number of amides is 2. The molecule has 0 saturated heterocycles. The van der Waals surface area contributed by atoms with Crippen molar-refractivity contribution in [1.29, 1.82) is 5.26 Å². The molecule has 2 amide bonds. The summed E-state index contributed by atoms with van der Waals surface area (Å²) in [6, 6.07) is 9.21. The van der Waals surface area contributed by atoms with Crippen molar-refractivity contribution in [3.63, 3.8) is 0 Å². The number of aliphatic hydroxyl groups is 1. The molecule has 3 heterocycles. The van der Waals surface area contributed by atoms with Crippen molar-refractivity contribution >= 4 is 23.2 Å². The van der Waals surface area contributed by atoms with Gasteiger partial charge in [0.2, 0.25) is 0 Å². The Morgan fingerprint density at radius 3 is 2.45 bits per heavy atom. The SMILES string of the molecule is CC(C)(O)[C@H](F)CNC(=O)c1cnc(-c2ccc3cc(C#N)cnn23)cc1NC12CCC(NC(=O)O)(CC1)CC2. The van der Waals surface area contributed by atoms with E-state index in [1.165, 1.54) is 26.2 Å². The van der Waals surface area contributed by atoms with Crippen molar-refractivity contribution in [3.8, 4) is 17.5 Å². The van der Waals surface area contributed by atoms with Crippen molar-refractivity contribution in [1.82, 2.24) is 25.2 Å². The van der Waals surface area contributed by atoms with Gasteiger partial charge in [-0.3, -0.25) is 9.78 Å². The lowest BCUT2D eigenvalue weighted by Crippen LogP contribution is -2.60. The van der Waals surface area contributed by atoms with E-state index in [-0.39, 0.29) is 17.6 Å². The number of nitrogens with one attached hydrogen (secondary N) is 3. The van der Waals surface area contributed by atoms with Gasteiger partial charge in [-0.25, -0.2) is 13.7 Å². The number of fused-ring (bicyclic) bond motifs is 4. The number of carbonyl (C=O) groups is 2. The molecule has 6 rings (SSSR count). The highest BCUT2D eigenvalue weighted by molar-refractivity contribution is 6.00. The van der Waals surface area contributed by atoms with Crippen molar-refractivity contribution in [2.45, 2.75) is 75.2 Å². The zero-order valence-corrected chi connectivity index (χ0v) is 22.4. The van der Waals surface area contributed by atoms with Crippen LogP contribution in [0.4, 0.5) is 14.9 Å². The molecule has 40 heavy (non-hydrogen) atoms. The smallest absolute Gasteiger partial charge is 0.405 e. The molecule has 1 atom stereocenters. The first-order valence-corrected chi connectivity index (χ1v) is 13.2. The molecule has 12 heteroatoms. The van der Waals surface area contributed by atoms with Gasteiger partial charge in [-0.1, -0.05) is 0 Å². The predicted octanol–water partition coefficient (Wildman–Crippen LogP) is 3.63. The molecule has 3 aromatic heterocycles. The Kier molecular flexibility index (Phi) is 6.87. The number of halogens is 1. The van der Waals surface area contributed by atoms with E-state index in [2.05, 4.69) is 32.1 Å². The van der Waals surface area contributed by atoms with Crippen LogP contribution in [0.2, 0.25) is 0 Å². The van der Waals surface area contributed by atoms with Gasteiger partial charge in [0, 0.05) is 17.3 Å². The number of anilines is 1. The maximum Gasteiger partial charge on any atom is 0.405 e. The second-order valence-electron chi connectivity index (χ2n) is 11.5. The first-order chi connectivity index (χ1) is 18.9. The topological polar surface area (TPSA) is 165 Å². The Bertz CT molecular complexity index is 1480. The third-order valence-corrected chi connectivity index (χ3v) is 8.27. The number of pyridine rings is 1. The van der Waals surface area contributed by atoms with Crippen LogP contribution in [0.25, 0.3) is 16.9 Å². The van der Waals surface area contributed by atoms with Crippen molar-refractivity contribution < 1.29 is 24.2 Å². The number of nitriles is 1. The molecular weight excluding hydrogens is 517 g/mol. The summed E-state index contributed by atoms with van der Waals surface area (Å²) in [5, 5.41) is 41.7. The Morgan fingerprint density at radius 2 is 1.82 bits per heavy atom. The summed E-state index contributed by atoms with van der Waals surface area (Å²) in [4.78, 5) is 29.1. The predicted molar refractivity (Wildman–Crippen MR) is 145 cm³/mol. The van der Waals surface area contributed by atoms with Gasteiger partial charge in [0.25, 0.3) is 5.91 Å². The van der Waals surface area contributed by atoms with E-state index < -0.39 is 29.3 Å². The van der Waals surface area contributed by atoms with Gasteiger partial charge in [0.05, 0.1) is 52.1 Å². The first kappa shape index (κ1) is 27.3. The lowest BCUT2D eigenvalue weighted by molar-refractivity contribution is -0.00178. The fraction of sp³-hybridized carbons (Fsp3) is 0.464. The molecule has 3 fully saturated rings. The largest absolute Gasteiger partial charge is 0.465 e. The van der Waals surface area contributed by atoms with Gasteiger partial charge in [-0.05, 0) is 76.6 Å². The van der Waals surface area contributed by atoms with Crippen LogP contribution in [0, 0.1) is 11.3 Å². The standard InChI is InChI=1S/C28H32FN7O4/c1-26(2,40)23(29)16-32-24(37)19-15-31-21(22-4-3-18-11-17(13-30)14-33-36(18)22)12-20(19)34-27-5-8-28(9-6-27,10-7-27)35-25(38)39/h3-4,11-12,14-15,23,35,40H,5-10,16H2,1-2H3,(H,31,34)(H,32,37)(H,38,39)/t23-,27?,28?/m1/s1. The van der Waals surface area contributed by atoms with E-state index in [1.54, 1.807) is 16.6 Å². The molecular formula is C28H32FN7O4. The average molecular weight is 550 g/mol. The Morgan fingerprint density at radius 1 is 1.15 bits per heavy atom. The molecule has 0 aliphatic heterocycles. The number of rotatable bonds is 8. The van der Waals surface area contributed by atoms with Crippen LogP contribution in [0.5, 0.6) is 0 Å². The maximum absolute atomic E-state index is 14.4. The molecule has 2 bridgehead atoms. The van der Waals surface area contributed by atoms with Gasteiger partial charge >= 0.3 is 6.09 Å². The quantitative estimate of drug-likeness (QED) is 0.284. The van der Waals surface area contributed by atoms with Crippen LogP contribution >= 0.6 is 0 Å². The van der Waals surface area contributed by atoms with E-state index in [1.807, 2.05) is 12.1 Å². The summed E-state index contributed by atoms with van der Waals surface area (Å²) < 4.78 is 16.0. The van der Waals surface area contributed by atoms with Gasteiger partial charge in [-0.15, -0.1) is 0 Å². The molecule has 3 aliphatic rings. The average Bonchev–Trinajstić information content (AvgIpc) is 3.35. The highest BCUT2D eigenvalue weighted by Crippen LogP contribution is 2.48. The normalized spacial score (nSPS) is 22.9. The highest BCUT2D eigenvalue weighted by atomic mass is 19.1. The van der Waals surface area contributed by atoms with Gasteiger partial charge in [0.15, 0.2) is 0 Å². The van der Waals surface area contributed by atoms with Crippen molar-refractivity contribution in [3.05, 3.63) is 47.8 Å². The van der Waals surface area contributed by atoms with Crippen LogP contribution in [-0.2, 0) is 0 Å². The first-order valence-electron chi connectivity index (χ1n) is 13.2. The molecule has 0 unspecified atom stereocenters. The fourth-order valence-corrected chi connectivity index (χ4v) is 5.73. The minimum Gasteiger partial charge on any atom is -0.465 e. The zero-order chi connectivity index (χ0) is 28.7. The molecule has 0 radical (unpaired) electrons. The van der Waals surface area contributed by atoms with E-state index in [4.69, 9.17) is 0 Å². The Balaban J connectivity index is 1.47. The summed E-state index contributed by atoms with van der Waals surface area (Å²) in [5.74, 6) is -0.532. The lowest BCUT2D eigenvalue weighted by Gasteiger charge is -2.54. The number of nitrogens with zero attached hydrogens (tertiary/aromatic N) is 4. The molecule has 3 aromatic rings. The summed E-state index contributed by atoms with van der Waals surface area (Å²) in [5.41, 5.74) is 0.725. The minimum absolute atomic E-state index is 0.229. The maximum atomic E-state index is 14.4. The van der Waals surface area contributed by atoms with Gasteiger partial charge in [0.1, 0.15) is 12.2 Å². The zero-order valence-electron chi connectivity index (χ0n) is 22.4. The Labute approximate surface area is 230 Å². The summed E-state index contributed by atoms with van der Waals surface area (Å²) in [6.45, 7) is 2.31. The number of carboxylic acid groups (broad SMARTS) is 1. The third kappa shape index (κ3) is 5.29. The van der Waals surface area contributed by atoms with E-state index in [0.29, 0.717) is 66.7 Å². The van der Waals surface area contributed by atoms with Crippen LogP contribution in [-0.4, -0.2) is 66.2 Å². The van der Waals surface area contributed by atoms with Crippen LogP contribution in [0.1, 0.15) is 68.3 Å². The number of hydrogen-bond acceptors (Lipinski definition) is 7. The molecule has 3 saturated carbocycles. The molecule has 3 aliphatic carbocycles. The summed E-state index contributed by atoms with van der Waals surface area (Å²) >= 11 is 0. The number of carbonyl (C=O) groups excluding carboxylic acids is 1. The minimum atomic E-state index is -1.67. The fourth-order valence-electron chi connectivity index (χ4n) is 5.73. The van der Waals surface area contributed by atoms with Gasteiger partial charge < -0.3 is 26.2 Å². The Hall–Kier alpha value is -4.24. The highest BCUT2D eigenvalue weighted by Gasteiger charge is 2.49. The van der Waals surface area contributed by atoms with Crippen LogP contribution in [0.15, 0.2) is 36.7 Å². The number of aromatic nitrogens is 3. The second-order valence-corrected chi connectivity index (χ2v) is 11.5. The number of hydrogen-bond donors (Lipinski definition) is 5. The van der Waals surface area contributed by atoms with Crippen molar-refractivity contribution in [2.75, 3.05) is 11.9 Å². The molecule has 11 nitrogen and oxygen atoms in total. The number of alkyl halides is 1. The van der Waals surface area contributed by atoms with E-state index >= 15 is 0 Å². The van der Waals surface area contributed by atoms with Gasteiger partial charge in [-0.2, -0.15) is 10.4 Å². The molecule has 210 valence electrons. The second kappa shape index (κ2) is 10.1.